The SMILES string of the molecule is C=C1C2=C(C(=O)CCC2)N(CCC)Cc2cc([N+](=O)[O-])ccc21. The van der Waals surface area contributed by atoms with Gasteiger partial charge in [-0.05, 0) is 47.6 Å². The highest BCUT2D eigenvalue weighted by molar-refractivity contribution is 6.01. The lowest BCUT2D eigenvalue weighted by Crippen LogP contribution is -2.30. The van der Waals surface area contributed by atoms with Crippen molar-refractivity contribution in [2.75, 3.05) is 6.54 Å². The molecule has 0 bridgehead atoms. The number of hydrogen-bond donors (Lipinski definition) is 0. The van der Waals surface area contributed by atoms with Gasteiger partial charge in [0, 0.05) is 31.6 Å². The summed E-state index contributed by atoms with van der Waals surface area (Å²) in [5, 5.41) is 11.1. The maximum Gasteiger partial charge on any atom is 0.269 e. The summed E-state index contributed by atoms with van der Waals surface area (Å²) < 4.78 is 0. The fourth-order valence-corrected chi connectivity index (χ4v) is 3.52. The molecule has 0 amide bonds. The van der Waals surface area contributed by atoms with E-state index in [2.05, 4.69) is 18.4 Å². The smallest absolute Gasteiger partial charge is 0.269 e. The van der Waals surface area contributed by atoms with E-state index in [9.17, 15) is 14.9 Å². The van der Waals surface area contributed by atoms with Crippen LogP contribution in [0.3, 0.4) is 0 Å². The van der Waals surface area contributed by atoms with Gasteiger partial charge in [0.15, 0.2) is 5.78 Å². The largest absolute Gasteiger partial charge is 0.364 e. The first-order chi connectivity index (χ1) is 11.0. The molecule has 0 spiro atoms. The van der Waals surface area contributed by atoms with Crippen LogP contribution in [0.5, 0.6) is 0 Å². The lowest BCUT2D eigenvalue weighted by molar-refractivity contribution is -0.384. The Hall–Kier alpha value is -2.43. The van der Waals surface area contributed by atoms with Gasteiger partial charge in [-0.1, -0.05) is 13.5 Å². The number of nitro benzene ring substituents is 1. The Balaban J connectivity index is 2.14. The molecular weight excluding hydrogens is 292 g/mol. The molecule has 0 radical (unpaired) electrons. The lowest BCUT2D eigenvalue weighted by atomic mass is 9.87. The molecule has 2 aliphatic rings. The predicted molar refractivity (Wildman–Crippen MR) is 88.7 cm³/mol. The lowest BCUT2D eigenvalue weighted by Gasteiger charge is -2.29. The Morgan fingerprint density at radius 2 is 2.13 bits per heavy atom. The number of fused-ring (bicyclic) bond motifs is 1. The first-order valence-electron chi connectivity index (χ1n) is 8.01. The summed E-state index contributed by atoms with van der Waals surface area (Å²) in [6.07, 6.45) is 3.18. The van der Waals surface area contributed by atoms with Crippen molar-refractivity contribution in [1.29, 1.82) is 0 Å². The van der Waals surface area contributed by atoms with E-state index in [0.29, 0.717) is 13.0 Å². The summed E-state index contributed by atoms with van der Waals surface area (Å²) >= 11 is 0. The summed E-state index contributed by atoms with van der Waals surface area (Å²) in [5.74, 6) is 0.170. The molecule has 1 aromatic carbocycles. The van der Waals surface area contributed by atoms with Crippen molar-refractivity contribution in [2.24, 2.45) is 0 Å². The summed E-state index contributed by atoms with van der Waals surface area (Å²) in [6.45, 7) is 7.55. The molecule has 0 fully saturated rings. The van der Waals surface area contributed by atoms with Crippen molar-refractivity contribution in [3.05, 3.63) is 57.3 Å². The number of rotatable bonds is 3. The van der Waals surface area contributed by atoms with E-state index in [4.69, 9.17) is 0 Å². The van der Waals surface area contributed by atoms with E-state index >= 15 is 0 Å². The predicted octanol–water partition coefficient (Wildman–Crippen LogP) is 3.84. The number of Topliss-reactive ketones (excluding diaryl/α,β-unsaturated/α-hetero) is 1. The Bertz CT molecular complexity index is 734. The molecule has 5 heteroatoms. The maximum atomic E-state index is 12.5. The molecule has 0 saturated carbocycles. The fourth-order valence-electron chi connectivity index (χ4n) is 3.52. The molecular formula is C18H20N2O3. The number of benzene rings is 1. The van der Waals surface area contributed by atoms with Crippen LogP contribution < -0.4 is 0 Å². The van der Waals surface area contributed by atoms with Gasteiger partial charge in [-0.2, -0.15) is 0 Å². The molecule has 120 valence electrons. The monoisotopic (exact) mass is 312 g/mol. The number of ketones is 1. The van der Waals surface area contributed by atoms with Gasteiger partial charge in [-0.15, -0.1) is 0 Å². The average Bonchev–Trinajstić information content (AvgIpc) is 2.64. The third-order valence-electron chi connectivity index (χ3n) is 4.54. The number of carbonyl (C=O) groups is 1. The van der Waals surface area contributed by atoms with Crippen molar-refractivity contribution in [3.63, 3.8) is 0 Å². The van der Waals surface area contributed by atoms with Crippen molar-refractivity contribution in [1.82, 2.24) is 4.90 Å². The number of nitro groups is 1. The van der Waals surface area contributed by atoms with Crippen LogP contribution in [-0.4, -0.2) is 22.2 Å². The average molecular weight is 312 g/mol. The minimum atomic E-state index is -0.378. The highest BCUT2D eigenvalue weighted by Crippen LogP contribution is 2.40. The zero-order chi connectivity index (χ0) is 16.6. The van der Waals surface area contributed by atoms with Gasteiger partial charge in [0.1, 0.15) is 0 Å². The molecule has 0 atom stereocenters. The molecule has 0 aromatic heterocycles. The van der Waals surface area contributed by atoms with Crippen LogP contribution in [-0.2, 0) is 11.3 Å². The Kier molecular flexibility index (Phi) is 4.03. The van der Waals surface area contributed by atoms with Crippen LogP contribution >= 0.6 is 0 Å². The maximum absolute atomic E-state index is 12.5. The van der Waals surface area contributed by atoms with Crippen LogP contribution in [0.1, 0.15) is 43.7 Å². The third-order valence-corrected chi connectivity index (χ3v) is 4.54. The first kappa shape index (κ1) is 15.5. The Labute approximate surface area is 135 Å². The second-order valence-electron chi connectivity index (χ2n) is 6.10. The van der Waals surface area contributed by atoms with E-state index in [0.717, 1.165) is 53.8 Å². The normalized spacial score (nSPS) is 17.7. The Morgan fingerprint density at radius 3 is 2.83 bits per heavy atom. The van der Waals surface area contributed by atoms with Gasteiger partial charge in [0.25, 0.3) is 5.69 Å². The van der Waals surface area contributed by atoms with Gasteiger partial charge >= 0.3 is 0 Å². The number of nitrogens with zero attached hydrogens (tertiary/aromatic N) is 2. The van der Waals surface area contributed by atoms with Crippen LogP contribution in [0.15, 0.2) is 36.0 Å². The van der Waals surface area contributed by atoms with Crippen molar-refractivity contribution in [2.45, 2.75) is 39.2 Å². The number of carbonyl (C=O) groups excluding carboxylic acids is 1. The topological polar surface area (TPSA) is 63.5 Å². The highest BCUT2D eigenvalue weighted by atomic mass is 16.6. The van der Waals surface area contributed by atoms with E-state index < -0.39 is 0 Å². The minimum absolute atomic E-state index is 0.0826. The molecule has 0 saturated heterocycles. The van der Waals surface area contributed by atoms with Gasteiger partial charge in [-0.25, -0.2) is 0 Å². The second kappa shape index (κ2) is 5.99. The summed E-state index contributed by atoms with van der Waals surface area (Å²) in [4.78, 5) is 25.3. The van der Waals surface area contributed by atoms with E-state index in [-0.39, 0.29) is 16.4 Å². The minimum Gasteiger partial charge on any atom is -0.364 e. The zero-order valence-corrected chi connectivity index (χ0v) is 13.3. The standard InChI is InChI=1S/C18H20N2O3/c1-3-9-19-11-13-10-14(20(22)23)7-8-15(13)12(2)16-5-4-6-17(21)18(16)19/h7-8,10H,2-6,9,11H2,1H3. The van der Waals surface area contributed by atoms with Crippen LogP contribution in [0.25, 0.3) is 5.57 Å². The van der Waals surface area contributed by atoms with Crippen molar-refractivity contribution in [3.8, 4) is 0 Å². The summed E-state index contributed by atoms with van der Waals surface area (Å²) in [7, 11) is 0. The number of allylic oxidation sites excluding steroid dienone is 3. The quantitative estimate of drug-likeness (QED) is 0.628. The number of hydrogen-bond acceptors (Lipinski definition) is 4. The van der Waals surface area contributed by atoms with Crippen LogP contribution in [0.4, 0.5) is 5.69 Å². The summed E-state index contributed by atoms with van der Waals surface area (Å²) in [5.41, 5.74) is 4.52. The molecule has 1 heterocycles. The highest BCUT2D eigenvalue weighted by Gasteiger charge is 2.31. The molecule has 5 nitrogen and oxygen atoms in total. The van der Waals surface area contributed by atoms with Crippen LogP contribution in [0.2, 0.25) is 0 Å². The van der Waals surface area contributed by atoms with Crippen LogP contribution in [0, 0.1) is 10.1 Å². The fraction of sp³-hybridized carbons (Fsp3) is 0.389. The molecule has 1 aromatic rings. The number of non-ortho nitro benzene ring substituents is 1. The van der Waals surface area contributed by atoms with Crippen molar-refractivity contribution >= 4 is 17.0 Å². The Morgan fingerprint density at radius 1 is 1.35 bits per heavy atom. The van der Waals surface area contributed by atoms with Gasteiger partial charge in [0.05, 0.1) is 10.6 Å². The van der Waals surface area contributed by atoms with E-state index in [1.165, 1.54) is 6.07 Å². The molecule has 23 heavy (non-hydrogen) atoms. The van der Waals surface area contributed by atoms with Gasteiger partial charge in [0.2, 0.25) is 0 Å². The molecule has 3 rings (SSSR count). The van der Waals surface area contributed by atoms with E-state index in [1.807, 2.05) is 0 Å². The first-order valence-corrected chi connectivity index (χ1v) is 8.01. The summed E-state index contributed by atoms with van der Waals surface area (Å²) in [6, 6.07) is 4.91. The molecule has 0 unspecified atom stereocenters. The van der Waals surface area contributed by atoms with Gasteiger partial charge in [-0.3, -0.25) is 14.9 Å². The van der Waals surface area contributed by atoms with Gasteiger partial charge < -0.3 is 4.90 Å². The van der Waals surface area contributed by atoms with E-state index in [1.54, 1.807) is 12.1 Å². The third kappa shape index (κ3) is 2.67. The second-order valence-corrected chi connectivity index (χ2v) is 6.10. The molecule has 0 N–H and O–H groups in total. The van der Waals surface area contributed by atoms with Crippen molar-refractivity contribution < 1.29 is 9.72 Å². The molecule has 1 aliphatic carbocycles. The zero-order valence-electron chi connectivity index (χ0n) is 13.3. The molecule has 1 aliphatic heterocycles.